The summed E-state index contributed by atoms with van der Waals surface area (Å²) in [6, 6.07) is 3.37. The second kappa shape index (κ2) is 2.70. The maximum Gasteiger partial charge on any atom is 0.157 e. The summed E-state index contributed by atoms with van der Waals surface area (Å²) in [6.07, 6.45) is 4.45. The highest BCUT2D eigenvalue weighted by molar-refractivity contribution is 5.46. The maximum atomic E-state index is 9.23. The lowest BCUT2D eigenvalue weighted by atomic mass is 9.91. The monoisotopic (exact) mass is 164 g/mol. The first-order valence-corrected chi connectivity index (χ1v) is 4.31. The largest absolute Gasteiger partial charge is 0.504 e. The van der Waals surface area contributed by atoms with Crippen LogP contribution in [-0.2, 0) is 12.8 Å². The van der Waals surface area contributed by atoms with Crippen LogP contribution >= 0.6 is 0 Å². The number of phenols is 2. The molecule has 0 fully saturated rings. The lowest BCUT2D eigenvalue weighted by Gasteiger charge is -2.15. The van der Waals surface area contributed by atoms with E-state index in [1.807, 2.05) is 0 Å². The quantitative estimate of drug-likeness (QED) is 0.575. The molecule has 0 aromatic heterocycles. The Morgan fingerprint density at radius 3 is 1.67 bits per heavy atom. The zero-order valence-corrected chi connectivity index (χ0v) is 6.88. The van der Waals surface area contributed by atoms with Crippen molar-refractivity contribution in [2.45, 2.75) is 25.7 Å². The molecule has 1 aromatic carbocycles. The molecule has 0 atom stereocenters. The molecular weight excluding hydrogens is 152 g/mol. The van der Waals surface area contributed by atoms with E-state index < -0.39 is 0 Å². The van der Waals surface area contributed by atoms with Gasteiger partial charge >= 0.3 is 0 Å². The Hall–Kier alpha value is -1.18. The third kappa shape index (κ3) is 1.13. The van der Waals surface area contributed by atoms with Gasteiger partial charge in [0.05, 0.1) is 0 Å². The molecule has 1 aliphatic carbocycles. The van der Waals surface area contributed by atoms with Crippen LogP contribution in [0.3, 0.4) is 0 Å². The van der Waals surface area contributed by atoms with Crippen LogP contribution in [0.1, 0.15) is 24.0 Å². The Bertz CT molecular complexity index is 274. The molecule has 0 saturated carbocycles. The van der Waals surface area contributed by atoms with Gasteiger partial charge < -0.3 is 10.2 Å². The van der Waals surface area contributed by atoms with Crippen LogP contribution in [0.4, 0.5) is 0 Å². The first-order valence-electron chi connectivity index (χ1n) is 4.31. The number of aromatic hydroxyl groups is 2. The highest BCUT2D eigenvalue weighted by Gasteiger charge is 2.11. The number of aryl methyl sites for hydroxylation is 2. The van der Waals surface area contributed by atoms with Crippen LogP contribution in [0.15, 0.2) is 12.1 Å². The summed E-state index contributed by atoms with van der Waals surface area (Å²) in [5.41, 5.74) is 2.38. The van der Waals surface area contributed by atoms with Crippen LogP contribution in [-0.4, -0.2) is 10.2 Å². The van der Waals surface area contributed by atoms with E-state index in [-0.39, 0.29) is 11.5 Å². The number of benzene rings is 1. The lowest BCUT2D eigenvalue weighted by Crippen LogP contribution is -2.01. The summed E-state index contributed by atoms with van der Waals surface area (Å²) in [7, 11) is 0. The second-order valence-electron chi connectivity index (χ2n) is 3.32. The summed E-state index contributed by atoms with van der Waals surface area (Å²) in [5.74, 6) is 0.0197. The Balaban J connectivity index is 2.49. The molecule has 2 heteroatoms. The van der Waals surface area contributed by atoms with Crippen molar-refractivity contribution in [3.05, 3.63) is 23.3 Å². The molecule has 0 unspecified atom stereocenters. The van der Waals surface area contributed by atoms with Crippen molar-refractivity contribution in [1.29, 1.82) is 0 Å². The molecule has 0 bridgehead atoms. The predicted octanol–water partition coefficient (Wildman–Crippen LogP) is 1.98. The van der Waals surface area contributed by atoms with Crippen molar-refractivity contribution in [2.75, 3.05) is 0 Å². The predicted molar refractivity (Wildman–Crippen MR) is 46.4 cm³/mol. The number of rotatable bonds is 0. The van der Waals surface area contributed by atoms with Crippen molar-refractivity contribution in [2.24, 2.45) is 0 Å². The lowest BCUT2D eigenvalue weighted by molar-refractivity contribution is 0.401. The Morgan fingerprint density at radius 2 is 1.25 bits per heavy atom. The molecule has 12 heavy (non-hydrogen) atoms. The average Bonchev–Trinajstić information content (AvgIpc) is 2.07. The van der Waals surface area contributed by atoms with Crippen LogP contribution in [0.2, 0.25) is 0 Å². The fourth-order valence-corrected chi connectivity index (χ4v) is 1.76. The molecule has 2 nitrogen and oxygen atoms in total. The van der Waals surface area contributed by atoms with E-state index in [9.17, 15) is 10.2 Å². The number of fused-ring (bicyclic) bond motifs is 1. The van der Waals surface area contributed by atoms with Crippen molar-refractivity contribution in [1.82, 2.24) is 0 Å². The normalized spacial score (nSPS) is 15.7. The van der Waals surface area contributed by atoms with E-state index in [2.05, 4.69) is 0 Å². The summed E-state index contributed by atoms with van der Waals surface area (Å²) in [6.45, 7) is 0. The van der Waals surface area contributed by atoms with E-state index in [4.69, 9.17) is 0 Å². The third-order valence-electron chi connectivity index (χ3n) is 2.44. The fourth-order valence-electron chi connectivity index (χ4n) is 1.76. The summed E-state index contributed by atoms with van der Waals surface area (Å²) in [5, 5.41) is 18.5. The van der Waals surface area contributed by atoms with Crippen LogP contribution in [0, 0.1) is 0 Å². The zero-order chi connectivity index (χ0) is 8.55. The van der Waals surface area contributed by atoms with Gasteiger partial charge in [-0.05, 0) is 48.9 Å². The summed E-state index contributed by atoms with van der Waals surface area (Å²) in [4.78, 5) is 0. The minimum absolute atomic E-state index is 0.00986. The SMILES string of the molecule is Oc1cc2c(cc1O)CCCC2. The molecule has 0 amide bonds. The van der Waals surface area contributed by atoms with E-state index in [0.717, 1.165) is 12.8 Å². The molecule has 0 aliphatic heterocycles. The highest BCUT2D eigenvalue weighted by Crippen LogP contribution is 2.32. The van der Waals surface area contributed by atoms with Crippen molar-refractivity contribution < 1.29 is 10.2 Å². The van der Waals surface area contributed by atoms with Gasteiger partial charge in [0.15, 0.2) is 11.5 Å². The number of hydrogen-bond donors (Lipinski definition) is 2. The van der Waals surface area contributed by atoms with Gasteiger partial charge in [0.25, 0.3) is 0 Å². The second-order valence-corrected chi connectivity index (χ2v) is 3.32. The number of phenolic OH excluding ortho intramolecular Hbond substituents is 2. The van der Waals surface area contributed by atoms with Crippen molar-refractivity contribution >= 4 is 0 Å². The highest BCUT2D eigenvalue weighted by atomic mass is 16.3. The fraction of sp³-hybridized carbons (Fsp3) is 0.400. The van der Waals surface area contributed by atoms with Gasteiger partial charge in [-0.1, -0.05) is 0 Å². The summed E-state index contributed by atoms with van der Waals surface area (Å²) < 4.78 is 0. The minimum atomic E-state index is 0.00986. The van der Waals surface area contributed by atoms with Gasteiger partial charge in [-0.3, -0.25) is 0 Å². The number of hydrogen-bond acceptors (Lipinski definition) is 2. The molecule has 0 spiro atoms. The Kier molecular flexibility index (Phi) is 1.68. The zero-order valence-electron chi connectivity index (χ0n) is 6.88. The smallest absolute Gasteiger partial charge is 0.157 e. The van der Waals surface area contributed by atoms with Crippen LogP contribution in [0.25, 0.3) is 0 Å². The minimum Gasteiger partial charge on any atom is -0.504 e. The molecule has 1 aliphatic rings. The average molecular weight is 164 g/mol. The third-order valence-corrected chi connectivity index (χ3v) is 2.44. The van der Waals surface area contributed by atoms with Gasteiger partial charge in [0.1, 0.15) is 0 Å². The standard InChI is InChI=1S/C10H12O2/c11-9-5-7-3-1-2-4-8(7)6-10(9)12/h5-6,11-12H,1-4H2. The van der Waals surface area contributed by atoms with Gasteiger partial charge in [-0.15, -0.1) is 0 Å². The first-order chi connectivity index (χ1) is 5.77. The Morgan fingerprint density at radius 1 is 0.833 bits per heavy atom. The van der Waals surface area contributed by atoms with E-state index >= 15 is 0 Å². The topological polar surface area (TPSA) is 40.5 Å². The molecule has 0 saturated heterocycles. The summed E-state index contributed by atoms with van der Waals surface area (Å²) >= 11 is 0. The van der Waals surface area contributed by atoms with E-state index in [1.54, 1.807) is 12.1 Å². The van der Waals surface area contributed by atoms with Crippen molar-refractivity contribution in [3.8, 4) is 11.5 Å². The van der Waals surface area contributed by atoms with E-state index in [0.29, 0.717) is 0 Å². The van der Waals surface area contributed by atoms with Gasteiger partial charge in [0, 0.05) is 0 Å². The van der Waals surface area contributed by atoms with Gasteiger partial charge in [-0.2, -0.15) is 0 Å². The molecule has 2 N–H and O–H groups in total. The van der Waals surface area contributed by atoms with Crippen LogP contribution in [0.5, 0.6) is 11.5 Å². The molecule has 1 aromatic rings. The molecule has 0 radical (unpaired) electrons. The first kappa shape index (κ1) is 7.47. The van der Waals surface area contributed by atoms with E-state index in [1.165, 1.54) is 24.0 Å². The van der Waals surface area contributed by atoms with Crippen molar-refractivity contribution in [3.63, 3.8) is 0 Å². The molecule has 64 valence electrons. The molecule has 2 rings (SSSR count). The Labute approximate surface area is 71.5 Å². The van der Waals surface area contributed by atoms with Gasteiger partial charge in [0.2, 0.25) is 0 Å². The van der Waals surface area contributed by atoms with Gasteiger partial charge in [-0.25, -0.2) is 0 Å². The maximum absolute atomic E-state index is 9.23. The molecular formula is C10H12O2. The van der Waals surface area contributed by atoms with Crippen LogP contribution < -0.4 is 0 Å². The molecule has 0 heterocycles.